The van der Waals surface area contributed by atoms with E-state index in [1.807, 2.05) is 37.3 Å². The summed E-state index contributed by atoms with van der Waals surface area (Å²) in [6.07, 6.45) is 0. The summed E-state index contributed by atoms with van der Waals surface area (Å²) in [5, 5.41) is 3.39. The van der Waals surface area contributed by atoms with Gasteiger partial charge in [0.15, 0.2) is 6.61 Å². The van der Waals surface area contributed by atoms with Crippen molar-refractivity contribution in [3.05, 3.63) is 63.1 Å². The van der Waals surface area contributed by atoms with Gasteiger partial charge in [0.25, 0.3) is 5.91 Å². The van der Waals surface area contributed by atoms with Gasteiger partial charge in [-0.25, -0.2) is 0 Å². The summed E-state index contributed by atoms with van der Waals surface area (Å²) in [7, 11) is 0. The van der Waals surface area contributed by atoms with Crippen molar-refractivity contribution in [2.75, 3.05) is 13.2 Å². The number of ether oxygens (including phenoxy) is 1. The topological polar surface area (TPSA) is 58.6 Å². The highest BCUT2D eigenvalue weighted by molar-refractivity contribution is 9.10. The van der Waals surface area contributed by atoms with Crippen LogP contribution in [0.1, 0.15) is 44.7 Å². The van der Waals surface area contributed by atoms with Crippen molar-refractivity contribution in [1.29, 1.82) is 0 Å². The molecule has 2 aromatic carbocycles. The van der Waals surface area contributed by atoms with Gasteiger partial charge in [-0.1, -0.05) is 43.6 Å². The second kappa shape index (κ2) is 11.4. The van der Waals surface area contributed by atoms with Crippen LogP contribution in [0.25, 0.3) is 0 Å². The van der Waals surface area contributed by atoms with Crippen LogP contribution < -0.4 is 10.1 Å². The van der Waals surface area contributed by atoms with Crippen LogP contribution in [0.2, 0.25) is 5.02 Å². The van der Waals surface area contributed by atoms with E-state index in [0.29, 0.717) is 23.2 Å². The summed E-state index contributed by atoms with van der Waals surface area (Å²) in [5.74, 6) is 0.500. The average molecular weight is 496 g/mol. The van der Waals surface area contributed by atoms with Crippen molar-refractivity contribution in [1.82, 2.24) is 10.2 Å². The molecule has 0 heterocycles. The lowest BCUT2D eigenvalue weighted by Crippen LogP contribution is -2.49. The molecule has 0 saturated carbocycles. The fourth-order valence-corrected chi connectivity index (χ4v) is 3.54. The van der Waals surface area contributed by atoms with Gasteiger partial charge in [0.2, 0.25) is 5.91 Å². The van der Waals surface area contributed by atoms with Gasteiger partial charge in [0.1, 0.15) is 11.8 Å². The summed E-state index contributed by atoms with van der Waals surface area (Å²) in [5.41, 5.74) is 2.06. The predicted octanol–water partition coefficient (Wildman–Crippen LogP) is 5.16. The largest absolute Gasteiger partial charge is 0.483 e. The second-order valence-electron chi connectivity index (χ2n) is 7.35. The van der Waals surface area contributed by atoms with Gasteiger partial charge >= 0.3 is 0 Å². The third-order valence-corrected chi connectivity index (χ3v) is 5.63. The molecule has 1 N–H and O–H groups in total. The number of likely N-dealkylation sites (N-methyl/N-ethyl adjacent to an activating group) is 1. The summed E-state index contributed by atoms with van der Waals surface area (Å²) >= 11 is 9.47. The fourth-order valence-electron chi connectivity index (χ4n) is 2.91. The highest BCUT2D eigenvalue weighted by atomic mass is 79.9. The molecule has 0 saturated heterocycles. The average Bonchev–Trinajstić information content (AvgIpc) is 2.71. The van der Waals surface area contributed by atoms with Gasteiger partial charge in [-0.15, -0.1) is 0 Å². The Bertz CT molecular complexity index is 871. The minimum absolute atomic E-state index is 0.170. The van der Waals surface area contributed by atoms with E-state index in [-0.39, 0.29) is 25.0 Å². The van der Waals surface area contributed by atoms with Gasteiger partial charge in [0, 0.05) is 18.1 Å². The van der Waals surface area contributed by atoms with Crippen molar-refractivity contribution in [2.45, 2.75) is 46.2 Å². The van der Waals surface area contributed by atoms with E-state index < -0.39 is 6.04 Å². The molecular weight excluding hydrogens is 468 g/mol. The highest BCUT2D eigenvalue weighted by Crippen LogP contribution is 2.29. The number of halogens is 2. The molecule has 2 rings (SSSR count). The van der Waals surface area contributed by atoms with E-state index in [1.54, 1.807) is 19.1 Å². The molecule has 162 valence electrons. The van der Waals surface area contributed by atoms with Crippen LogP contribution in [0.15, 0.2) is 46.9 Å². The zero-order valence-corrected chi connectivity index (χ0v) is 20.1. The molecule has 2 amide bonds. The maximum atomic E-state index is 13.0. The molecule has 0 aromatic heterocycles. The van der Waals surface area contributed by atoms with Gasteiger partial charge in [-0.2, -0.15) is 0 Å². The SMILES string of the molecule is CCNC(=O)C(C)N(Cc1ccc(Cl)cc1)C(=O)COc1ccc(C(C)C)cc1Br. The Labute approximate surface area is 191 Å². The molecule has 30 heavy (non-hydrogen) atoms. The standard InChI is InChI=1S/C23H28BrClN2O3/c1-5-26-23(29)16(4)27(13-17-6-9-19(25)10-7-17)22(28)14-30-21-11-8-18(15(2)3)12-20(21)24/h6-12,15-16H,5,13-14H2,1-4H3,(H,26,29). The lowest BCUT2D eigenvalue weighted by Gasteiger charge is -2.28. The number of nitrogens with zero attached hydrogens (tertiary/aromatic N) is 1. The van der Waals surface area contributed by atoms with Crippen molar-refractivity contribution >= 4 is 39.3 Å². The quantitative estimate of drug-likeness (QED) is 0.523. The molecule has 0 radical (unpaired) electrons. The molecule has 0 aliphatic heterocycles. The number of carbonyl (C=O) groups is 2. The first-order valence-electron chi connectivity index (χ1n) is 9.96. The normalized spacial score (nSPS) is 11.8. The number of carbonyl (C=O) groups excluding carboxylic acids is 2. The molecule has 5 nitrogen and oxygen atoms in total. The molecule has 0 fully saturated rings. The number of nitrogens with one attached hydrogen (secondary N) is 1. The Kier molecular flexibility index (Phi) is 9.18. The molecule has 2 aromatic rings. The third kappa shape index (κ3) is 6.74. The third-order valence-electron chi connectivity index (χ3n) is 4.76. The van der Waals surface area contributed by atoms with Crippen molar-refractivity contribution in [3.8, 4) is 5.75 Å². The first kappa shape index (κ1) is 24.2. The maximum absolute atomic E-state index is 13.0. The maximum Gasteiger partial charge on any atom is 0.261 e. The van der Waals surface area contributed by atoms with Crippen LogP contribution in [0.3, 0.4) is 0 Å². The van der Waals surface area contributed by atoms with E-state index >= 15 is 0 Å². The van der Waals surface area contributed by atoms with E-state index in [0.717, 1.165) is 10.0 Å². The van der Waals surface area contributed by atoms with Gasteiger partial charge in [-0.3, -0.25) is 9.59 Å². The van der Waals surface area contributed by atoms with Gasteiger partial charge in [-0.05, 0) is 71.1 Å². The van der Waals surface area contributed by atoms with Crippen molar-refractivity contribution < 1.29 is 14.3 Å². The monoisotopic (exact) mass is 494 g/mol. The molecule has 0 spiro atoms. The zero-order chi connectivity index (χ0) is 22.3. The van der Waals surface area contributed by atoms with Crippen LogP contribution in [-0.2, 0) is 16.1 Å². The lowest BCUT2D eigenvalue weighted by molar-refractivity contribution is -0.142. The Morgan fingerprint density at radius 3 is 2.37 bits per heavy atom. The van der Waals surface area contributed by atoms with Gasteiger partial charge < -0.3 is 15.0 Å². The molecule has 0 aliphatic rings. The first-order valence-corrected chi connectivity index (χ1v) is 11.1. The van der Waals surface area contributed by atoms with E-state index in [1.165, 1.54) is 10.5 Å². The Balaban J connectivity index is 2.15. The number of hydrogen-bond donors (Lipinski definition) is 1. The summed E-state index contributed by atoms with van der Waals surface area (Å²) < 4.78 is 6.56. The van der Waals surface area contributed by atoms with Crippen LogP contribution in [-0.4, -0.2) is 35.9 Å². The molecule has 0 aliphatic carbocycles. The minimum Gasteiger partial charge on any atom is -0.483 e. The number of benzene rings is 2. The van der Waals surface area contributed by atoms with Crippen LogP contribution >= 0.6 is 27.5 Å². The Morgan fingerprint density at radius 1 is 1.13 bits per heavy atom. The minimum atomic E-state index is -0.636. The fraction of sp³-hybridized carbons (Fsp3) is 0.391. The summed E-state index contributed by atoms with van der Waals surface area (Å²) in [6.45, 7) is 8.40. The van der Waals surface area contributed by atoms with Crippen LogP contribution in [0, 0.1) is 0 Å². The first-order chi connectivity index (χ1) is 14.2. The van der Waals surface area contributed by atoms with Gasteiger partial charge in [0.05, 0.1) is 4.47 Å². The van der Waals surface area contributed by atoms with Crippen LogP contribution in [0.4, 0.5) is 0 Å². The Hall–Kier alpha value is -2.05. The summed E-state index contributed by atoms with van der Waals surface area (Å²) in [4.78, 5) is 26.9. The molecule has 0 bridgehead atoms. The van der Waals surface area contributed by atoms with E-state index in [2.05, 4.69) is 35.1 Å². The van der Waals surface area contributed by atoms with E-state index in [9.17, 15) is 9.59 Å². The lowest BCUT2D eigenvalue weighted by atomic mass is 10.0. The predicted molar refractivity (Wildman–Crippen MR) is 124 cm³/mol. The van der Waals surface area contributed by atoms with Crippen molar-refractivity contribution in [3.63, 3.8) is 0 Å². The van der Waals surface area contributed by atoms with E-state index in [4.69, 9.17) is 16.3 Å². The Morgan fingerprint density at radius 2 is 1.80 bits per heavy atom. The molecule has 7 heteroatoms. The van der Waals surface area contributed by atoms with Crippen LogP contribution in [0.5, 0.6) is 5.75 Å². The summed E-state index contributed by atoms with van der Waals surface area (Å²) in [6, 6.07) is 12.4. The van der Waals surface area contributed by atoms with Crippen molar-refractivity contribution in [2.24, 2.45) is 0 Å². The zero-order valence-electron chi connectivity index (χ0n) is 17.7. The highest BCUT2D eigenvalue weighted by Gasteiger charge is 2.26. The number of amides is 2. The second-order valence-corrected chi connectivity index (χ2v) is 8.64. The number of hydrogen-bond acceptors (Lipinski definition) is 3. The molecular formula is C23H28BrClN2O3. The smallest absolute Gasteiger partial charge is 0.261 e. The molecule has 1 unspecified atom stereocenters. The molecule has 1 atom stereocenters. The number of rotatable bonds is 9.